The van der Waals surface area contributed by atoms with Gasteiger partial charge in [0, 0.05) is 56.6 Å². The lowest BCUT2D eigenvalue weighted by Crippen LogP contribution is -2.55. The van der Waals surface area contributed by atoms with Gasteiger partial charge in [-0.3, -0.25) is 14.7 Å². The van der Waals surface area contributed by atoms with Crippen LogP contribution in [0.3, 0.4) is 0 Å². The molecule has 3 fully saturated rings. The molecule has 1 amide bonds. The molecule has 3 saturated heterocycles. The molecule has 0 unspecified atom stereocenters. The van der Waals surface area contributed by atoms with E-state index >= 15 is 4.39 Å². The fourth-order valence-corrected chi connectivity index (χ4v) is 8.03. The third-order valence-corrected chi connectivity index (χ3v) is 10.5. The van der Waals surface area contributed by atoms with Gasteiger partial charge in [0.2, 0.25) is 5.91 Å². The minimum Gasteiger partial charge on any atom is -0.461 e. The topological polar surface area (TPSA) is 124 Å². The van der Waals surface area contributed by atoms with E-state index in [4.69, 9.17) is 9.72 Å². The molecule has 0 bridgehead atoms. The van der Waals surface area contributed by atoms with Crippen molar-refractivity contribution in [3.05, 3.63) is 84.3 Å². The van der Waals surface area contributed by atoms with Crippen molar-refractivity contribution in [2.45, 2.75) is 50.4 Å². The number of hydrogen-bond donors (Lipinski definition) is 0. The number of piperazine rings is 1. The Balaban J connectivity index is 1.15. The number of halogens is 2. The average Bonchev–Trinajstić information content (AvgIpc) is 3.68. The molecular weight excluding hydrogens is 664 g/mol. The Morgan fingerprint density at radius 2 is 1.92 bits per heavy atom. The third-order valence-electron chi connectivity index (χ3n) is 10.5. The number of fused-ring (bicyclic) bond motifs is 3. The van der Waals surface area contributed by atoms with Crippen LogP contribution in [0.15, 0.2) is 67.0 Å². The molecule has 0 saturated carbocycles. The zero-order chi connectivity index (χ0) is 35.8. The number of anilines is 1. The Kier molecular flexibility index (Phi) is 8.92. The number of amides is 1. The minimum absolute atomic E-state index is 0.0154. The predicted octanol–water partition coefficient (Wildman–Crippen LogP) is 5.68. The molecule has 6 heterocycles. The van der Waals surface area contributed by atoms with Gasteiger partial charge in [-0.05, 0) is 49.2 Å². The van der Waals surface area contributed by atoms with Gasteiger partial charge in [0.25, 0.3) is 0 Å². The van der Waals surface area contributed by atoms with Gasteiger partial charge in [0.05, 0.1) is 35.2 Å². The average molecular weight is 702 g/mol. The number of benzene rings is 2. The Labute approximate surface area is 299 Å². The molecule has 3 aliphatic rings. The van der Waals surface area contributed by atoms with E-state index in [0.29, 0.717) is 54.3 Å². The molecule has 0 aliphatic carbocycles. The smallest absolute Gasteiger partial charge is 0.319 e. The summed E-state index contributed by atoms with van der Waals surface area (Å²) in [4.78, 5) is 41.7. The highest BCUT2D eigenvalue weighted by Crippen LogP contribution is 2.41. The van der Waals surface area contributed by atoms with Crippen LogP contribution < -0.4 is 9.64 Å². The lowest BCUT2D eigenvalue weighted by atomic mass is 9.95. The predicted molar refractivity (Wildman–Crippen MR) is 193 cm³/mol. The maximum atomic E-state index is 16.8. The lowest BCUT2D eigenvalue weighted by Gasteiger charge is -2.41. The summed E-state index contributed by atoms with van der Waals surface area (Å²) in [5.41, 5.74) is 0.984. The first-order chi connectivity index (χ1) is 25.3. The first-order valence-corrected chi connectivity index (χ1v) is 17.6. The van der Waals surface area contributed by atoms with Gasteiger partial charge < -0.3 is 14.5 Å². The highest BCUT2D eigenvalue weighted by atomic mass is 19.1. The van der Waals surface area contributed by atoms with Gasteiger partial charge in [-0.2, -0.15) is 15.2 Å². The number of nitrogens with zero attached hydrogens (tertiary/aromatic N) is 9. The monoisotopic (exact) mass is 701 g/mol. The first-order valence-electron chi connectivity index (χ1n) is 17.6. The summed E-state index contributed by atoms with van der Waals surface area (Å²) >= 11 is 0. The summed E-state index contributed by atoms with van der Waals surface area (Å²) in [5.74, 6) is 0.133. The third kappa shape index (κ3) is 6.28. The van der Waals surface area contributed by atoms with Gasteiger partial charge >= 0.3 is 6.01 Å². The Bertz CT molecular complexity index is 2240. The van der Waals surface area contributed by atoms with E-state index in [1.165, 1.54) is 6.08 Å². The van der Waals surface area contributed by atoms with Crippen LogP contribution in [0, 0.1) is 24.1 Å². The molecule has 3 atom stereocenters. The van der Waals surface area contributed by atoms with E-state index in [1.54, 1.807) is 36.4 Å². The number of nitriles is 1. The van der Waals surface area contributed by atoms with Crippen molar-refractivity contribution < 1.29 is 18.3 Å². The van der Waals surface area contributed by atoms with Gasteiger partial charge in [-0.1, -0.05) is 42.5 Å². The van der Waals surface area contributed by atoms with E-state index in [2.05, 4.69) is 30.9 Å². The molecule has 8 rings (SSSR count). The molecule has 11 nitrogen and oxygen atoms in total. The molecule has 3 aromatic heterocycles. The first kappa shape index (κ1) is 33.5. The molecule has 13 heteroatoms. The molecule has 0 radical (unpaired) electrons. The van der Waals surface area contributed by atoms with Crippen molar-refractivity contribution in [3.8, 4) is 23.3 Å². The van der Waals surface area contributed by atoms with E-state index in [1.807, 2.05) is 47.4 Å². The summed E-state index contributed by atoms with van der Waals surface area (Å²) in [6.07, 6.45) is 7.57. The number of pyridine rings is 1. The van der Waals surface area contributed by atoms with Crippen LogP contribution in [0.4, 0.5) is 14.6 Å². The molecule has 0 N–H and O–H groups in total. The second-order valence-corrected chi connectivity index (χ2v) is 13.8. The van der Waals surface area contributed by atoms with Crippen LogP contribution >= 0.6 is 0 Å². The maximum absolute atomic E-state index is 16.8. The molecule has 0 spiro atoms. The number of carbonyl (C=O) groups excluding carboxylic acids is 1. The number of ether oxygens (including phenoxy) is 1. The Morgan fingerprint density at radius 1 is 1.06 bits per heavy atom. The SMILES string of the molecule is Cc1nccc(/C=C/C(=O)N2CCN(c3nc(OC[C@@]45CCCN4C[C@H](F)C5)nc4c(F)c(-c5cccc6ccccc56)ncc34)C[C@@H]2CC#N)n1. The van der Waals surface area contributed by atoms with E-state index in [-0.39, 0.29) is 42.7 Å². The highest BCUT2D eigenvalue weighted by Gasteiger charge is 2.49. The van der Waals surface area contributed by atoms with E-state index in [9.17, 15) is 14.4 Å². The summed E-state index contributed by atoms with van der Waals surface area (Å²) in [7, 11) is 0. The quantitative estimate of drug-likeness (QED) is 0.187. The van der Waals surface area contributed by atoms with Crippen molar-refractivity contribution in [2.75, 3.05) is 44.2 Å². The van der Waals surface area contributed by atoms with Gasteiger partial charge in [-0.15, -0.1) is 0 Å². The number of aromatic nitrogens is 5. The molecular formula is C39H37F2N9O2. The van der Waals surface area contributed by atoms with E-state index < -0.39 is 23.6 Å². The van der Waals surface area contributed by atoms with Crippen LogP contribution in [0.5, 0.6) is 6.01 Å². The Morgan fingerprint density at radius 3 is 2.79 bits per heavy atom. The number of carbonyl (C=O) groups is 1. The number of hydrogen-bond acceptors (Lipinski definition) is 10. The minimum atomic E-state index is -0.931. The van der Waals surface area contributed by atoms with Crippen molar-refractivity contribution in [3.63, 3.8) is 0 Å². The summed E-state index contributed by atoms with van der Waals surface area (Å²) < 4.78 is 37.7. The van der Waals surface area contributed by atoms with Gasteiger partial charge in [0.15, 0.2) is 5.82 Å². The lowest BCUT2D eigenvalue weighted by molar-refractivity contribution is -0.128. The van der Waals surface area contributed by atoms with Crippen molar-refractivity contribution in [1.29, 1.82) is 5.26 Å². The fourth-order valence-electron chi connectivity index (χ4n) is 8.03. The van der Waals surface area contributed by atoms with Crippen molar-refractivity contribution in [1.82, 2.24) is 34.7 Å². The molecule has 3 aliphatic heterocycles. The van der Waals surface area contributed by atoms with Crippen LogP contribution in [-0.4, -0.2) is 97.7 Å². The van der Waals surface area contributed by atoms with E-state index in [0.717, 1.165) is 30.2 Å². The highest BCUT2D eigenvalue weighted by molar-refractivity contribution is 5.99. The molecule has 5 aromatic rings. The Hall–Kier alpha value is -5.61. The molecule has 264 valence electrons. The van der Waals surface area contributed by atoms with Crippen LogP contribution in [-0.2, 0) is 4.79 Å². The summed E-state index contributed by atoms with van der Waals surface area (Å²) in [6, 6.07) is 16.9. The van der Waals surface area contributed by atoms with Crippen molar-refractivity contribution in [2.24, 2.45) is 0 Å². The normalized spacial score (nSPS) is 22.0. The largest absolute Gasteiger partial charge is 0.461 e. The zero-order valence-corrected chi connectivity index (χ0v) is 28.8. The molecule has 52 heavy (non-hydrogen) atoms. The summed E-state index contributed by atoms with van der Waals surface area (Å²) in [6.45, 7) is 4.04. The number of rotatable bonds is 8. The standard InChI is InChI=1S/C39H37F2N9O2/c1-25-43-16-13-28(45-25)10-11-33(51)50-19-18-48(23-29(50)12-15-42)37-32-21-44-35(31-9-4-7-26-6-2-3-8-30(26)31)34(41)36(32)46-38(47-37)52-24-39-14-5-17-49(39)22-27(40)20-39/h2-4,6-11,13,16,21,27,29H,5,12,14,17-20,22-24H2,1H3/b11-10+/t27-,29+,39+/m1/s1. The number of alkyl halides is 1. The second kappa shape index (κ2) is 13.8. The van der Waals surface area contributed by atoms with Crippen LogP contribution in [0.2, 0.25) is 0 Å². The van der Waals surface area contributed by atoms with Gasteiger partial charge in [0.1, 0.15) is 35.6 Å². The molecule has 2 aromatic carbocycles. The fraction of sp³-hybridized carbons (Fsp3) is 0.359. The van der Waals surface area contributed by atoms with Crippen LogP contribution in [0.25, 0.3) is 39.0 Å². The van der Waals surface area contributed by atoms with Crippen LogP contribution in [0.1, 0.15) is 37.2 Å². The number of aryl methyl sites for hydroxylation is 1. The second-order valence-electron chi connectivity index (χ2n) is 13.8. The van der Waals surface area contributed by atoms with Crippen molar-refractivity contribution >= 4 is 39.5 Å². The maximum Gasteiger partial charge on any atom is 0.319 e. The zero-order valence-electron chi connectivity index (χ0n) is 28.8. The van der Waals surface area contributed by atoms with Gasteiger partial charge in [-0.25, -0.2) is 18.7 Å². The summed E-state index contributed by atoms with van der Waals surface area (Å²) in [5, 5.41) is 12.0.